The number of amides is 3. The summed E-state index contributed by atoms with van der Waals surface area (Å²) in [7, 11) is 1.70. The second-order valence-corrected chi connectivity index (χ2v) is 7.82. The van der Waals surface area contributed by atoms with Crippen molar-refractivity contribution in [3.8, 4) is 0 Å². The van der Waals surface area contributed by atoms with Gasteiger partial charge in [0.1, 0.15) is 11.6 Å². The van der Waals surface area contributed by atoms with Crippen molar-refractivity contribution in [1.82, 2.24) is 15.1 Å². The molecule has 0 aromatic carbocycles. The minimum Gasteiger partial charge on any atom is -0.480 e. The molecule has 0 aliphatic carbocycles. The maximum atomic E-state index is 12.3. The molecule has 1 fully saturated rings. The second kappa shape index (κ2) is 8.40. The van der Waals surface area contributed by atoms with Crippen LogP contribution in [0.5, 0.6) is 0 Å². The number of rotatable bonds is 4. The van der Waals surface area contributed by atoms with Crippen LogP contribution in [0.1, 0.15) is 47.5 Å². The summed E-state index contributed by atoms with van der Waals surface area (Å²) < 4.78 is 5.36. The third kappa shape index (κ3) is 6.43. The van der Waals surface area contributed by atoms with Crippen LogP contribution >= 0.6 is 0 Å². The molecule has 3 amide bonds. The molecule has 0 spiro atoms. The zero-order valence-corrected chi connectivity index (χ0v) is 16.0. The van der Waals surface area contributed by atoms with Crippen LogP contribution in [0.4, 0.5) is 9.59 Å². The third-order valence-corrected chi connectivity index (χ3v) is 4.19. The van der Waals surface area contributed by atoms with E-state index in [1.165, 1.54) is 0 Å². The Balaban J connectivity index is 2.53. The van der Waals surface area contributed by atoms with Gasteiger partial charge in [-0.1, -0.05) is 13.8 Å². The maximum Gasteiger partial charge on any atom is 0.410 e. The molecule has 0 saturated carbocycles. The van der Waals surface area contributed by atoms with Crippen LogP contribution in [0.25, 0.3) is 0 Å². The molecular formula is C17H31N3O5. The van der Waals surface area contributed by atoms with Crippen LogP contribution in [0.3, 0.4) is 0 Å². The minimum atomic E-state index is -1.04. The predicted octanol–water partition coefficient (Wildman–Crippen LogP) is 2.14. The monoisotopic (exact) mass is 357 g/mol. The number of likely N-dealkylation sites (tertiary alicyclic amines) is 1. The Labute approximate surface area is 149 Å². The first kappa shape index (κ1) is 21.1. The van der Waals surface area contributed by atoms with E-state index >= 15 is 0 Å². The molecule has 1 aliphatic rings. The molecule has 144 valence electrons. The van der Waals surface area contributed by atoms with E-state index < -0.39 is 17.6 Å². The number of urea groups is 1. The van der Waals surface area contributed by atoms with E-state index in [0.717, 1.165) is 0 Å². The second-order valence-electron chi connectivity index (χ2n) is 7.82. The molecule has 0 unspecified atom stereocenters. The van der Waals surface area contributed by atoms with E-state index in [9.17, 15) is 14.4 Å². The van der Waals surface area contributed by atoms with Crippen LogP contribution in [-0.4, -0.2) is 70.8 Å². The Morgan fingerprint density at radius 1 is 1.20 bits per heavy atom. The highest BCUT2D eigenvalue weighted by Crippen LogP contribution is 2.18. The maximum absolute atomic E-state index is 12.3. The molecular weight excluding hydrogens is 326 g/mol. The molecule has 0 bridgehead atoms. The lowest BCUT2D eigenvalue weighted by Crippen LogP contribution is -2.54. The quantitative estimate of drug-likeness (QED) is 0.803. The largest absolute Gasteiger partial charge is 0.480 e. The number of nitrogens with zero attached hydrogens (tertiary/aromatic N) is 2. The van der Waals surface area contributed by atoms with Gasteiger partial charge in [0.05, 0.1) is 0 Å². The standard InChI is InChI=1S/C17H31N3O5/c1-11(2)13(14(21)22)18-15(23)20-9-7-12(8-10-20)19(6)16(24)25-17(3,4)5/h11-13H,7-10H2,1-6H3,(H,18,23)(H,21,22)/t13-/m0/s1. The molecule has 25 heavy (non-hydrogen) atoms. The van der Waals surface area contributed by atoms with E-state index in [0.29, 0.717) is 25.9 Å². The van der Waals surface area contributed by atoms with E-state index in [4.69, 9.17) is 9.84 Å². The molecule has 8 nitrogen and oxygen atoms in total. The molecule has 1 aliphatic heterocycles. The highest BCUT2D eigenvalue weighted by molar-refractivity contribution is 5.82. The Kier molecular flexibility index (Phi) is 7.07. The van der Waals surface area contributed by atoms with Gasteiger partial charge in [-0.3, -0.25) is 0 Å². The molecule has 1 saturated heterocycles. The number of aliphatic carboxylic acids is 1. The van der Waals surface area contributed by atoms with Crippen LogP contribution in [-0.2, 0) is 9.53 Å². The Hall–Kier alpha value is -1.99. The van der Waals surface area contributed by atoms with Gasteiger partial charge in [-0.2, -0.15) is 0 Å². The lowest BCUT2D eigenvalue weighted by atomic mass is 10.0. The number of carbonyl (C=O) groups excluding carboxylic acids is 2. The van der Waals surface area contributed by atoms with Crippen LogP contribution in [0.2, 0.25) is 0 Å². The van der Waals surface area contributed by atoms with Gasteiger partial charge < -0.3 is 25.0 Å². The summed E-state index contributed by atoms with van der Waals surface area (Å²) in [6, 6.07) is -1.28. The minimum absolute atomic E-state index is 0.000676. The highest BCUT2D eigenvalue weighted by Gasteiger charge is 2.31. The molecule has 0 aromatic rings. The van der Waals surface area contributed by atoms with Gasteiger partial charge in [-0.05, 0) is 39.5 Å². The lowest BCUT2D eigenvalue weighted by Gasteiger charge is -2.37. The van der Waals surface area contributed by atoms with Crippen molar-refractivity contribution in [3.63, 3.8) is 0 Å². The van der Waals surface area contributed by atoms with Crippen molar-refractivity contribution < 1.29 is 24.2 Å². The van der Waals surface area contributed by atoms with Crippen molar-refractivity contribution in [2.75, 3.05) is 20.1 Å². The average molecular weight is 357 g/mol. The Bertz CT molecular complexity index is 493. The fourth-order valence-electron chi connectivity index (χ4n) is 2.68. The molecule has 2 N–H and O–H groups in total. The van der Waals surface area contributed by atoms with E-state index in [1.807, 2.05) is 20.8 Å². The van der Waals surface area contributed by atoms with Crippen molar-refractivity contribution >= 4 is 18.1 Å². The van der Waals surface area contributed by atoms with E-state index in [-0.39, 0.29) is 24.1 Å². The van der Waals surface area contributed by atoms with Crippen LogP contribution < -0.4 is 5.32 Å². The van der Waals surface area contributed by atoms with Crippen molar-refractivity contribution in [2.24, 2.45) is 5.92 Å². The smallest absolute Gasteiger partial charge is 0.410 e. The number of piperidine rings is 1. The molecule has 0 radical (unpaired) electrons. The first-order valence-electron chi connectivity index (χ1n) is 8.66. The van der Waals surface area contributed by atoms with Crippen molar-refractivity contribution in [3.05, 3.63) is 0 Å². The zero-order chi connectivity index (χ0) is 19.4. The Morgan fingerprint density at radius 3 is 2.12 bits per heavy atom. The zero-order valence-electron chi connectivity index (χ0n) is 16.0. The van der Waals surface area contributed by atoms with E-state index in [1.54, 1.807) is 30.7 Å². The summed E-state index contributed by atoms with van der Waals surface area (Å²) in [5.41, 5.74) is -0.547. The number of hydrogen-bond acceptors (Lipinski definition) is 4. The van der Waals surface area contributed by atoms with Gasteiger partial charge in [0, 0.05) is 26.2 Å². The summed E-state index contributed by atoms with van der Waals surface area (Å²) in [4.78, 5) is 38.7. The lowest BCUT2D eigenvalue weighted by molar-refractivity contribution is -0.140. The number of ether oxygens (including phenoxy) is 1. The topological polar surface area (TPSA) is 99.2 Å². The summed E-state index contributed by atoms with van der Waals surface area (Å²) in [5, 5.41) is 11.7. The predicted molar refractivity (Wildman–Crippen MR) is 93.4 cm³/mol. The van der Waals surface area contributed by atoms with Crippen LogP contribution in [0.15, 0.2) is 0 Å². The summed E-state index contributed by atoms with van der Waals surface area (Å²) >= 11 is 0. The normalized spacial score (nSPS) is 17.2. The number of carboxylic acids is 1. The number of carbonyl (C=O) groups is 3. The van der Waals surface area contributed by atoms with Gasteiger partial charge in [0.2, 0.25) is 0 Å². The number of carboxylic acid groups (broad SMARTS) is 1. The van der Waals surface area contributed by atoms with Gasteiger partial charge in [-0.15, -0.1) is 0 Å². The molecule has 1 rings (SSSR count). The van der Waals surface area contributed by atoms with Gasteiger partial charge in [-0.25, -0.2) is 14.4 Å². The first-order chi connectivity index (χ1) is 11.4. The molecule has 1 heterocycles. The fraction of sp³-hybridized carbons (Fsp3) is 0.824. The highest BCUT2D eigenvalue weighted by atomic mass is 16.6. The van der Waals surface area contributed by atoms with Gasteiger partial charge in [0.15, 0.2) is 0 Å². The first-order valence-corrected chi connectivity index (χ1v) is 8.66. The number of hydrogen-bond donors (Lipinski definition) is 2. The van der Waals surface area contributed by atoms with Gasteiger partial charge >= 0.3 is 18.1 Å². The van der Waals surface area contributed by atoms with Gasteiger partial charge in [0.25, 0.3) is 0 Å². The molecule has 8 heteroatoms. The molecule has 1 atom stereocenters. The molecule has 0 aromatic heterocycles. The number of nitrogens with one attached hydrogen (secondary N) is 1. The third-order valence-electron chi connectivity index (χ3n) is 4.19. The van der Waals surface area contributed by atoms with Crippen molar-refractivity contribution in [1.29, 1.82) is 0 Å². The Morgan fingerprint density at radius 2 is 1.72 bits per heavy atom. The van der Waals surface area contributed by atoms with Crippen molar-refractivity contribution in [2.45, 2.75) is 65.1 Å². The van der Waals surface area contributed by atoms with E-state index in [2.05, 4.69) is 5.32 Å². The fourth-order valence-corrected chi connectivity index (χ4v) is 2.68. The SMILES string of the molecule is CC(C)[C@H](NC(=O)N1CCC(N(C)C(=O)OC(C)(C)C)CC1)C(=O)O. The van der Waals surface area contributed by atoms with Crippen LogP contribution in [0, 0.1) is 5.92 Å². The summed E-state index contributed by atoms with van der Waals surface area (Å²) in [6.07, 6.45) is 0.881. The summed E-state index contributed by atoms with van der Waals surface area (Å²) in [6.45, 7) is 9.89. The summed E-state index contributed by atoms with van der Waals surface area (Å²) in [5.74, 6) is -1.24. The average Bonchev–Trinajstić information content (AvgIpc) is 2.49.